The molecule has 0 spiro atoms. The molecule has 0 aromatic heterocycles. The molecule has 0 unspecified atom stereocenters. The highest BCUT2D eigenvalue weighted by Crippen LogP contribution is 2.59. The number of hydrogen-bond acceptors (Lipinski definition) is 11. The third kappa shape index (κ3) is 2.70. The summed E-state index contributed by atoms with van der Waals surface area (Å²) in [7, 11) is 0. The number of hydrogen-bond donors (Lipinski definition) is 9. The molecule has 9 N–H and O–H groups in total. The molecule has 11 heteroatoms. The first-order chi connectivity index (χ1) is 21.9. The molecule has 0 saturated heterocycles. The van der Waals surface area contributed by atoms with Gasteiger partial charge in [0.05, 0.1) is 21.5 Å². The summed E-state index contributed by atoms with van der Waals surface area (Å²) in [5, 5.41) is 98.4. The normalized spacial score (nSPS) is 13.2. The van der Waals surface area contributed by atoms with Gasteiger partial charge in [0.2, 0.25) is 10.9 Å². The van der Waals surface area contributed by atoms with Gasteiger partial charge in [-0.2, -0.15) is 0 Å². The quantitative estimate of drug-likeness (QED) is 0.0881. The predicted molar refractivity (Wildman–Crippen MR) is 169 cm³/mol. The number of benzene rings is 8. The number of phenolic OH excluding ortho intramolecular Hbond substituents is 9. The molecule has 9 rings (SSSR count). The van der Waals surface area contributed by atoms with Gasteiger partial charge in [0, 0.05) is 84.4 Å². The first-order valence-corrected chi connectivity index (χ1v) is 13.9. The third-order valence-corrected chi connectivity index (χ3v) is 9.43. The predicted octanol–water partition coefficient (Wildman–Crippen LogP) is 5.05. The Morgan fingerprint density at radius 3 is 1.04 bits per heavy atom. The third-order valence-electron chi connectivity index (χ3n) is 9.43. The summed E-state index contributed by atoms with van der Waals surface area (Å²) in [6.07, 6.45) is 0. The van der Waals surface area contributed by atoms with Gasteiger partial charge in [-0.3, -0.25) is 9.59 Å². The highest BCUT2D eigenvalue weighted by atomic mass is 16.3. The SMILES string of the molecule is O=c1c2c(O)cc(O)c3c2c2c4c1c(O)cc(O)c4c1c(O)cc(O)c4c(=O)c5c(O)cc(O)c(c5c2c41)C3c1ccc(O)cc1. The fourth-order valence-electron chi connectivity index (χ4n) is 7.82. The maximum atomic E-state index is 14.3. The van der Waals surface area contributed by atoms with Gasteiger partial charge in [-0.1, -0.05) is 12.1 Å². The number of aromatic hydroxyl groups is 9. The zero-order chi connectivity index (χ0) is 32.2. The van der Waals surface area contributed by atoms with Crippen molar-refractivity contribution in [2.24, 2.45) is 0 Å². The minimum Gasteiger partial charge on any atom is -0.508 e. The molecule has 8 aromatic carbocycles. The van der Waals surface area contributed by atoms with Crippen molar-refractivity contribution in [3.05, 3.63) is 85.7 Å². The van der Waals surface area contributed by atoms with E-state index in [1.54, 1.807) is 0 Å². The topological polar surface area (TPSA) is 216 Å². The van der Waals surface area contributed by atoms with Crippen LogP contribution in [0.15, 0.2) is 58.1 Å². The van der Waals surface area contributed by atoms with Gasteiger partial charge in [-0.15, -0.1) is 0 Å². The number of rotatable bonds is 1. The largest absolute Gasteiger partial charge is 0.508 e. The summed E-state index contributed by atoms with van der Waals surface area (Å²) >= 11 is 0. The average molecular weight is 615 g/mol. The maximum absolute atomic E-state index is 14.3. The molecule has 0 amide bonds. The van der Waals surface area contributed by atoms with Crippen molar-refractivity contribution in [1.29, 1.82) is 0 Å². The monoisotopic (exact) mass is 614 g/mol. The van der Waals surface area contributed by atoms with Crippen molar-refractivity contribution in [3.63, 3.8) is 0 Å². The molecule has 46 heavy (non-hydrogen) atoms. The van der Waals surface area contributed by atoms with Crippen LogP contribution in [-0.4, -0.2) is 46.0 Å². The van der Waals surface area contributed by atoms with Crippen LogP contribution in [0.3, 0.4) is 0 Å². The Balaban J connectivity index is 1.82. The molecule has 11 nitrogen and oxygen atoms in total. The van der Waals surface area contributed by atoms with Crippen LogP contribution in [0.25, 0.3) is 64.6 Å². The first-order valence-electron chi connectivity index (χ1n) is 13.9. The van der Waals surface area contributed by atoms with Crippen molar-refractivity contribution >= 4 is 64.6 Å². The standard InChI is InChI=1S/C35H18O11/c36-10-3-1-9(2-4-10)19-20-11(37)5-15(41)24-28(20)32-30-22(13(39)7-17(43)26(30)34(24)45)23-14(40)8-18(44)27-31(23)33(32)29-21(19)12(38)6-16(42)25(29)35(27)46/h1-8,19,36-44H. The highest BCUT2D eigenvalue weighted by molar-refractivity contribution is 6.46. The number of fused-ring (bicyclic) bond motifs is 1. The van der Waals surface area contributed by atoms with Gasteiger partial charge >= 0.3 is 0 Å². The summed E-state index contributed by atoms with van der Waals surface area (Å²) in [4.78, 5) is 28.6. The van der Waals surface area contributed by atoms with E-state index in [2.05, 4.69) is 0 Å². The second kappa shape index (κ2) is 7.90. The summed E-state index contributed by atoms with van der Waals surface area (Å²) in [5.41, 5.74) is -1.47. The van der Waals surface area contributed by atoms with Gasteiger partial charge in [-0.25, -0.2) is 0 Å². The zero-order valence-corrected chi connectivity index (χ0v) is 23.0. The Morgan fingerprint density at radius 2 is 0.652 bits per heavy atom. The highest BCUT2D eigenvalue weighted by Gasteiger charge is 2.38. The zero-order valence-electron chi connectivity index (χ0n) is 23.0. The molecule has 1 aliphatic rings. The lowest BCUT2D eigenvalue weighted by Crippen LogP contribution is -2.09. The van der Waals surface area contributed by atoms with Crippen molar-refractivity contribution in [2.45, 2.75) is 5.92 Å². The second-order valence-corrected chi connectivity index (χ2v) is 11.7. The Kier molecular flexibility index (Phi) is 4.44. The second-order valence-electron chi connectivity index (χ2n) is 11.7. The Labute approximate surface area is 253 Å². The Bertz CT molecular complexity index is 2700. The van der Waals surface area contributed by atoms with Crippen molar-refractivity contribution in [1.82, 2.24) is 0 Å². The van der Waals surface area contributed by atoms with E-state index >= 15 is 0 Å². The molecule has 8 aromatic rings. The molecule has 1 aliphatic carbocycles. The molecule has 0 radical (unpaired) electrons. The van der Waals surface area contributed by atoms with E-state index in [4.69, 9.17) is 0 Å². The van der Waals surface area contributed by atoms with Crippen molar-refractivity contribution in [2.75, 3.05) is 0 Å². The number of phenols is 9. The minimum atomic E-state index is -1.22. The summed E-state index contributed by atoms with van der Waals surface area (Å²) < 4.78 is 0. The van der Waals surface area contributed by atoms with Gasteiger partial charge in [-0.05, 0) is 17.7 Å². The van der Waals surface area contributed by atoms with Crippen LogP contribution in [0.4, 0.5) is 0 Å². The van der Waals surface area contributed by atoms with E-state index in [-0.39, 0.29) is 81.5 Å². The van der Waals surface area contributed by atoms with Crippen LogP contribution in [0.1, 0.15) is 22.6 Å². The van der Waals surface area contributed by atoms with Crippen LogP contribution in [-0.2, 0) is 0 Å². The van der Waals surface area contributed by atoms with E-state index in [1.165, 1.54) is 24.3 Å². The summed E-state index contributed by atoms with van der Waals surface area (Å²) in [5.74, 6) is -6.22. The van der Waals surface area contributed by atoms with E-state index in [1.807, 2.05) is 0 Å². The molecule has 0 heterocycles. The molecule has 0 atom stereocenters. The molecule has 0 aliphatic heterocycles. The van der Waals surface area contributed by atoms with Crippen LogP contribution >= 0.6 is 0 Å². The first kappa shape index (κ1) is 25.8. The fraction of sp³-hybridized carbons (Fsp3) is 0.0286. The Morgan fingerprint density at radius 1 is 0.348 bits per heavy atom. The van der Waals surface area contributed by atoms with Crippen LogP contribution < -0.4 is 10.9 Å². The van der Waals surface area contributed by atoms with Gasteiger partial charge < -0.3 is 46.0 Å². The molecular formula is C35H18O11. The van der Waals surface area contributed by atoms with Crippen molar-refractivity contribution in [3.8, 4) is 51.7 Å². The van der Waals surface area contributed by atoms with E-state index < -0.39 is 62.8 Å². The summed E-state index contributed by atoms with van der Waals surface area (Å²) in [6.45, 7) is 0. The average Bonchev–Trinajstić information content (AvgIpc) is 3.11. The van der Waals surface area contributed by atoms with Crippen molar-refractivity contribution < 1.29 is 46.0 Å². The Hall–Kier alpha value is -6.62. The lowest BCUT2D eigenvalue weighted by molar-refractivity contribution is 0.445. The summed E-state index contributed by atoms with van der Waals surface area (Å²) in [6, 6.07) is 9.34. The molecule has 0 fully saturated rings. The van der Waals surface area contributed by atoms with Crippen LogP contribution in [0, 0.1) is 0 Å². The van der Waals surface area contributed by atoms with Gasteiger partial charge in [0.25, 0.3) is 0 Å². The molecular weight excluding hydrogens is 596 g/mol. The van der Waals surface area contributed by atoms with E-state index in [0.29, 0.717) is 5.56 Å². The van der Waals surface area contributed by atoms with Crippen LogP contribution in [0.5, 0.6) is 51.7 Å². The molecule has 224 valence electrons. The van der Waals surface area contributed by atoms with Gasteiger partial charge in [0.1, 0.15) is 51.7 Å². The maximum Gasteiger partial charge on any atom is 0.201 e. The van der Waals surface area contributed by atoms with Gasteiger partial charge in [0.15, 0.2) is 0 Å². The molecule has 0 saturated carbocycles. The smallest absolute Gasteiger partial charge is 0.201 e. The van der Waals surface area contributed by atoms with E-state index in [9.17, 15) is 55.5 Å². The minimum absolute atomic E-state index is 0.0202. The fourth-order valence-corrected chi connectivity index (χ4v) is 7.82. The molecule has 0 bridgehead atoms. The van der Waals surface area contributed by atoms with E-state index in [0.717, 1.165) is 24.3 Å². The lowest BCUT2D eigenvalue weighted by Gasteiger charge is -2.23. The lowest BCUT2D eigenvalue weighted by atomic mass is 9.80. The van der Waals surface area contributed by atoms with Crippen LogP contribution in [0.2, 0.25) is 0 Å².